The van der Waals surface area contributed by atoms with E-state index in [9.17, 15) is 0 Å². The van der Waals surface area contributed by atoms with Crippen molar-refractivity contribution in [2.75, 3.05) is 6.54 Å². The Balaban J connectivity index is 1.58. The van der Waals surface area contributed by atoms with Crippen molar-refractivity contribution >= 4 is 0 Å². The molecule has 1 unspecified atom stereocenters. The van der Waals surface area contributed by atoms with Crippen LogP contribution in [0.1, 0.15) is 45.4 Å². The molecule has 2 rings (SSSR count). The van der Waals surface area contributed by atoms with E-state index in [0.717, 1.165) is 17.9 Å². The first-order valence-electron chi connectivity index (χ1n) is 5.59. The first-order valence-corrected chi connectivity index (χ1v) is 5.59. The van der Waals surface area contributed by atoms with Gasteiger partial charge in [0.1, 0.15) is 0 Å². The summed E-state index contributed by atoms with van der Waals surface area (Å²) >= 11 is 0. The van der Waals surface area contributed by atoms with Crippen molar-refractivity contribution in [1.29, 1.82) is 0 Å². The van der Waals surface area contributed by atoms with Gasteiger partial charge in [-0.05, 0) is 31.2 Å². The molecule has 1 N–H and O–H groups in total. The van der Waals surface area contributed by atoms with E-state index in [2.05, 4.69) is 12.2 Å². The number of hydrogen-bond donors (Lipinski definition) is 1. The van der Waals surface area contributed by atoms with Crippen molar-refractivity contribution in [3.63, 3.8) is 0 Å². The summed E-state index contributed by atoms with van der Waals surface area (Å²) in [4.78, 5) is 0. The molecule has 0 bridgehead atoms. The Labute approximate surface area is 75.9 Å². The lowest BCUT2D eigenvalue weighted by molar-refractivity contribution is 0.201. The molecule has 0 heterocycles. The van der Waals surface area contributed by atoms with Crippen LogP contribution in [0.15, 0.2) is 0 Å². The van der Waals surface area contributed by atoms with E-state index in [1.165, 1.54) is 45.1 Å². The van der Waals surface area contributed by atoms with E-state index in [4.69, 9.17) is 0 Å². The van der Waals surface area contributed by atoms with Crippen LogP contribution in [-0.2, 0) is 0 Å². The van der Waals surface area contributed by atoms with Crippen molar-refractivity contribution < 1.29 is 0 Å². The van der Waals surface area contributed by atoms with Crippen LogP contribution >= 0.6 is 0 Å². The van der Waals surface area contributed by atoms with Crippen LogP contribution in [0, 0.1) is 11.8 Å². The van der Waals surface area contributed by atoms with Crippen molar-refractivity contribution in [3.8, 4) is 0 Å². The highest BCUT2D eigenvalue weighted by atomic mass is 14.9. The van der Waals surface area contributed by atoms with Gasteiger partial charge in [0.2, 0.25) is 0 Å². The topological polar surface area (TPSA) is 12.0 Å². The Hall–Kier alpha value is -0.0400. The van der Waals surface area contributed by atoms with Crippen molar-refractivity contribution in [3.05, 3.63) is 0 Å². The summed E-state index contributed by atoms with van der Waals surface area (Å²) in [6.45, 7) is 3.69. The molecule has 0 radical (unpaired) electrons. The summed E-state index contributed by atoms with van der Waals surface area (Å²) < 4.78 is 0. The zero-order chi connectivity index (χ0) is 8.39. The van der Waals surface area contributed by atoms with Crippen LogP contribution in [0.5, 0.6) is 0 Å². The SMILES string of the molecule is CC(CNC1CCC1)C1CCC1. The molecule has 0 spiro atoms. The molecule has 1 atom stereocenters. The molecule has 2 saturated carbocycles. The molecule has 2 fully saturated rings. The molecule has 0 aromatic rings. The molecule has 0 aliphatic heterocycles. The first-order chi connectivity index (χ1) is 5.86. The monoisotopic (exact) mass is 167 g/mol. The third-order valence-electron chi connectivity index (χ3n) is 3.79. The second-order valence-electron chi connectivity index (χ2n) is 4.70. The minimum atomic E-state index is 0.882. The predicted molar refractivity (Wildman–Crippen MR) is 52.1 cm³/mol. The Morgan fingerprint density at radius 1 is 1.17 bits per heavy atom. The summed E-state index contributed by atoms with van der Waals surface area (Å²) in [6, 6.07) is 0.882. The molecule has 0 amide bonds. The summed E-state index contributed by atoms with van der Waals surface area (Å²) in [7, 11) is 0. The highest BCUT2D eigenvalue weighted by molar-refractivity contribution is 4.80. The molecule has 0 saturated heterocycles. The molecule has 12 heavy (non-hydrogen) atoms. The predicted octanol–water partition coefficient (Wildman–Crippen LogP) is 2.56. The van der Waals surface area contributed by atoms with Gasteiger partial charge in [0, 0.05) is 6.04 Å². The smallest absolute Gasteiger partial charge is 0.00671 e. The van der Waals surface area contributed by atoms with E-state index >= 15 is 0 Å². The third-order valence-corrected chi connectivity index (χ3v) is 3.79. The quantitative estimate of drug-likeness (QED) is 0.678. The average molecular weight is 167 g/mol. The van der Waals surface area contributed by atoms with E-state index in [1.54, 1.807) is 0 Å². The highest BCUT2D eigenvalue weighted by Crippen LogP contribution is 2.33. The molecular formula is C11H21N. The fraction of sp³-hybridized carbons (Fsp3) is 1.00. The first kappa shape index (κ1) is 8.55. The maximum Gasteiger partial charge on any atom is 0.00671 e. The molecule has 0 aromatic heterocycles. The van der Waals surface area contributed by atoms with Gasteiger partial charge in [0.05, 0.1) is 0 Å². The van der Waals surface area contributed by atoms with Gasteiger partial charge in [-0.3, -0.25) is 0 Å². The van der Waals surface area contributed by atoms with Gasteiger partial charge in [0.15, 0.2) is 0 Å². The zero-order valence-electron chi connectivity index (χ0n) is 8.18. The summed E-state index contributed by atoms with van der Waals surface area (Å²) in [5.74, 6) is 1.98. The second-order valence-corrected chi connectivity index (χ2v) is 4.70. The summed E-state index contributed by atoms with van der Waals surface area (Å²) in [6.07, 6.45) is 8.78. The Morgan fingerprint density at radius 3 is 2.25 bits per heavy atom. The lowest BCUT2D eigenvalue weighted by Crippen LogP contribution is -2.39. The van der Waals surface area contributed by atoms with Gasteiger partial charge in [-0.1, -0.05) is 32.6 Å². The second kappa shape index (κ2) is 3.78. The van der Waals surface area contributed by atoms with E-state index in [-0.39, 0.29) is 0 Å². The fourth-order valence-electron chi connectivity index (χ4n) is 2.14. The summed E-state index contributed by atoms with van der Waals surface area (Å²) in [5.41, 5.74) is 0. The van der Waals surface area contributed by atoms with E-state index in [1.807, 2.05) is 0 Å². The molecule has 1 heteroatoms. The van der Waals surface area contributed by atoms with Crippen LogP contribution in [0.2, 0.25) is 0 Å². The maximum atomic E-state index is 3.67. The van der Waals surface area contributed by atoms with Crippen LogP contribution in [-0.4, -0.2) is 12.6 Å². The highest BCUT2D eigenvalue weighted by Gasteiger charge is 2.25. The minimum absolute atomic E-state index is 0.882. The zero-order valence-corrected chi connectivity index (χ0v) is 8.18. The Kier molecular flexibility index (Phi) is 2.69. The van der Waals surface area contributed by atoms with E-state index in [0.29, 0.717) is 0 Å². The van der Waals surface area contributed by atoms with Crippen LogP contribution in [0.4, 0.5) is 0 Å². The van der Waals surface area contributed by atoms with E-state index < -0.39 is 0 Å². The van der Waals surface area contributed by atoms with Crippen molar-refractivity contribution in [1.82, 2.24) is 5.32 Å². The molecule has 1 nitrogen and oxygen atoms in total. The van der Waals surface area contributed by atoms with Crippen molar-refractivity contribution in [2.45, 2.75) is 51.5 Å². The minimum Gasteiger partial charge on any atom is -0.314 e. The van der Waals surface area contributed by atoms with Crippen LogP contribution in [0.3, 0.4) is 0 Å². The van der Waals surface area contributed by atoms with Crippen LogP contribution in [0.25, 0.3) is 0 Å². The molecule has 2 aliphatic rings. The number of nitrogens with one attached hydrogen (secondary N) is 1. The average Bonchev–Trinajstić information content (AvgIpc) is 1.79. The van der Waals surface area contributed by atoms with Gasteiger partial charge >= 0.3 is 0 Å². The molecule has 70 valence electrons. The fourth-order valence-corrected chi connectivity index (χ4v) is 2.14. The molecular weight excluding hydrogens is 146 g/mol. The van der Waals surface area contributed by atoms with Gasteiger partial charge in [0.25, 0.3) is 0 Å². The standard InChI is InChI=1S/C11H21N/c1-9(10-4-2-5-10)8-12-11-6-3-7-11/h9-12H,2-8H2,1H3. The summed E-state index contributed by atoms with van der Waals surface area (Å²) in [5, 5.41) is 3.67. The van der Waals surface area contributed by atoms with Crippen LogP contribution < -0.4 is 5.32 Å². The lowest BCUT2D eigenvalue weighted by atomic mass is 9.76. The number of hydrogen-bond acceptors (Lipinski definition) is 1. The largest absolute Gasteiger partial charge is 0.314 e. The van der Waals surface area contributed by atoms with Gasteiger partial charge in [-0.2, -0.15) is 0 Å². The lowest BCUT2D eigenvalue weighted by Gasteiger charge is -2.34. The molecule has 0 aromatic carbocycles. The third kappa shape index (κ3) is 1.82. The number of rotatable bonds is 4. The Morgan fingerprint density at radius 2 is 1.83 bits per heavy atom. The maximum absolute atomic E-state index is 3.67. The Bertz CT molecular complexity index is 136. The van der Waals surface area contributed by atoms with Gasteiger partial charge < -0.3 is 5.32 Å². The molecule has 2 aliphatic carbocycles. The van der Waals surface area contributed by atoms with Crippen molar-refractivity contribution in [2.24, 2.45) is 11.8 Å². The normalized spacial score (nSPS) is 27.8. The van der Waals surface area contributed by atoms with Gasteiger partial charge in [-0.25, -0.2) is 0 Å². The van der Waals surface area contributed by atoms with Gasteiger partial charge in [-0.15, -0.1) is 0 Å².